The summed E-state index contributed by atoms with van der Waals surface area (Å²) in [7, 11) is 0. The van der Waals surface area contributed by atoms with E-state index in [1.54, 1.807) is 31.2 Å². The molecule has 0 saturated heterocycles. The molecule has 144 valence electrons. The highest BCUT2D eigenvalue weighted by Gasteiger charge is 2.16. The minimum atomic E-state index is -0.464. The number of hydrogen-bond acceptors (Lipinski definition) is 5. The van der Waals surface area contributed by atoms with Gasteiger partial charge in [0.05, 0.1) is 5.69 Å². The Morgan fingerprint density at radius 1 is 1.07 bits per heavy atom. The molecule has 0 unspecified atom stereocenters. The van der Waals surface area contributed by atoms with Crippen LogP contribution in [0.3, 0.4) is 0 Å². The van der Waals surface area contributed by atoms with Gasteiger partial charge in [-0.25, -0.2) is 9.37 Å². The monoisotopic (exact) mass is 463 g/mol. The number of amides is 2. The van der Waals surface area contributed by atoms with E-state index in [-0.39, 0.29) is 12.4 Å². The molecule has 9 heteroatoms. The van der Waals surface area contributed by atoms with Gasteiger partial charge in [0.1, 0.15) is 28.1 Å². The molecule has 28 heavy (non-hydrogen) atoms. The highest BCUT2D eigenvalue weighted by atomic mass is 79.9. The summed E-state index contributed by atoms with van der Waals surface area (Å²) in [6.45, 7) is 1.85. The molecular formula is C19H15BrFN3O3S. The average molecular weight is 464 g/mol. The number of rotatable bonds is 5. The van der Waals surface area contributed by atoms with Gasteiger partial charge < -0.3 is 4.74 Å². The van der Waals surface area contributed by atoms with Crippen molar-refractivity contribution in [2.75, 3.05) is 0 Å². The summed E-state index contributed by atoms with van der Waals surface area (Å²) in [5.41, 5.74) is 5.70. The number of nitrogens with zero attached hydrogens (tertiary/aromatic N) is 1. The van der Waals surface area contributed by atoms with Crippen molar-refractivity contribution in [3.05, 3.63) is 80.0 Å². The van der Waals surface area contributed by atoms with Gasteiger partial charge >= 0.3 is 0 Å². The van der Waals surface area contributed by atoms with Crippen LogP contribution in [-0.2, 0) is 6.61 Å². The minimum absolute atomic E-state index is 0.148. The average Bonchev–Trinajstić information content (AvgIpc) is 3.06. The van der Waals surface area contributed by atoms with Crippen LogP contribution < -0.4 is 15.6 Å². The maximum atomic E-state index is 12.9. The Morgan fingerprint density at radius 2 is 1.71 bits per heavy atom. The second kappa shape index (κ2) is 8.94. The van der Waals surface area contributed by atoms with Crippen LogP contribution in [0.15, 0.2) is 53.0 Å². The first-order valence-corrected chi connectivity index (χ1v) is 9.74. The van der Waals surface area contributed by atoms with E-state index in [4.69, 9.17) is 4.74 Å². The largest absolute Gasteiger partial charge is 0.486 e. The van der Waals surface area contributed by atoms with Crippen LogP contribution in [-0.4, -0.2) is 16.8 Å². The van der Waals surface area contributed by atoms with E-state index in [1.807, 2.05) is 0 Å². The molecule has 2 amide bonds. The standard InChI is InChI=1S/C19H15BrFN3O3S/c1-11-17(19(26)24-23-18(25)12-2-4-13(20)5-3-12)28-16(22-11)10-27-15-8-6-14(21)7-9-15/h2-9H,10H2,1H3,(H,23,25)(H,24,26). The van der Waals surface area contributed by atoms with Crippen LogP contribution in [0.4, 0.5) is 4.39 Å². The molecule has 0 bridgehead atoms. The fraction of sp³-hybridized carbons (Fsp3) is 0.105. The van der Waals surface area contributed by atoms with Crippen molar-refractivity contribution in [1.29, 1.82) is 0 Å². The number of nitrogens with one attached hydrogen (secondary N) is 2. The van der Waals surface area contributed by atoms with E-state index < -0.39 is 11.8 Å². The van der Waals surface area contributed by atoms with Gasteiger partial charge in [-0.3, -0.25) is 20.4 Å². The number of carbonyl (C=O) groups is 2. The Labute approximate surface area is 172 Å². The van der Waals surface area contributed by atoms with Crippen molar-refractivity contribution in [3.8, 4) is 5.75 Å². The summed E-state index contributed by atoms with van der Waals surface area (Å²) in [6.07, 6.45) is 0. The fourth-order valence-electron chi connectivity index (χ4n) is 2.24. The topological polar surface area (TPSA) is 80.3 Å². The number of hydrazine groups is 1. The normalized spacial score (nSPS) is 10.4. The predicted molar refractivity (Wildman–Crippen MR) is 107 cm³/mol. The Hall–Kier alpha value is -2.78. The van der Waals surface area contributed by atoms with Crippen LogP contribution in [0, 0.1) is 12.7 Å². The SMILES string of the molecule is Cc1nc(COc2ccc(F)cc2)sc1C(=O)NNC(=O)c1ccc(Br)cc1. The zero-order valence-corrected chi connectivity index (χ0v) is 17.1. The van der Waals surface area contributed by atoms with Crippen molar-refractivity contribution in [2.45, 2.75) is 13.5 Å². The van der Waals surface area contributed by atoms with Crippen molar-refractivity contribution in [2.24, 2.45) is 0 Å². The minimum Gasteiger partial charge on any atom is -0.486 e. The van der Waals surface area contributed by atoms with Crippen molar-refractivity contribution in [1.82, 2.24) is 15.8 Å². The molecule has 1 heterocycles. The van der Waals surface area contributed by atoms with Crippen LogP contribution in [0.1, 0.15) is 30.7 Å². The molecule has 2 N–H and O–H groups in total. The Morgan fingerprint density at radius 3 is 2.39 bits per heavy atom. The van der Waals surface area contributed by atoms with Crippen molar-refractivity contribution < 1.29 is 18.7 Å². The van der Waals surface area contributed by atoms with E-state index in [2.05, 4.69) is 31.8 Å². The molecule has 0 aliphatic rings. The van der Waals surface area contributed by atoms with Gasteiger partial charge in [0, 0.05) is 10.0 Å². The van der Waals surface area contributed by atoms with Gasteiger partial charge in [0.15, 0.2) is 0 Å². The second-order valence-corrected chi connectivity index (χ2v) is 7.68. The van der Waals surface area contributed by atoms with Gasteiger partial charge in [-0.1, -0.05) is 15.9 Å². The maximum absolute atomic E-state index is 12.9. The van der Waals surface area contributed by atoms with Crippen LogP contribution in [0.5, 0.6) is 5.75 Å². The van der Waals surface area contributed by atoms with Crippen molar-refractivity contribution >= 4 is 39.1 Å². The number of ether oxygens (including phenoxy) is 1. The first-order valence-electron chi connectivity index (χ1n) is 8.13. The highest BCUT2D eigenvalue weighted by molar-refractivity contribution is 9.10. The zero-order chi connectivity index (χ0) is 20.1. The second-order valence-electron chi connectivity index (χ2n) is 5.68. The Bertz CT molecular complexity index is 991. The molecule has 0 saturated carbocycles. The number of aryl methyl sites for hydroxylation is 1. The lowest BCUT2D eigenvalue weighted by atomic mass is 10.2. The summed E-state index contributed by atoms with van der Waals surface area (Å²) in [5.74, 6) is -0.736. The summed E-state index contributed by atoms with van der Waals surface area (Å²) >= 11 is 4.45. The van der Waals surface area contributed by atoms with E-state index in [9.17, 15) is 14.0 Å². The first-order chi connectivity index (χ1) is 13.4. The van der Waals surface area contributed by atoms with Gasteiger partial charge in [-0.05, 0) is 55.5 Å². The number of thiazole rings is 1. The van der Waals surface area contributed by atoms with Gasteiger partial charge in [-0.2, -0.15) is 0 Å². The third-order valence-electron chi connectivity index (χ3n) is 3.62. The summed E-state index contributed by atoms with van der Waals surface area (Å²) in [5, 5.41) is 0.589. The molecule has 0 radical (unpaired) electrons. The lowest BCUT2D eigenvalue weighted by Crippen LogP contribution is -2.41. The molecule has 0 atom stereocenters. The zero-order valence-electron chi connectivity index (χ0n) is 14.7. The van der Waals surface area contributed by atoms with E-state index in [1.165, 1.54) is 24.3 Å². The van der Waals surface area contributed by atoms with E-state index in [0.717, 1.165) is 15.8 Å². The molecule has 0 spiro atoms. The number of carbonyl (C=O) groups excluding carboxylic acids is 2. The maximum Gasteiger partial charge on any atom is 0.281 e. The first kappa shape index (κ1) is 20.0. The molecule has 3 aromatic rings. The summed E-state index contributed by atoms with van der Waals surface area (Å²) in [4.78, 5) is 29.1. The van der Waals surface area contributed by atoms with Crippen LogP contribution in [0.25, 0.3) is 0 Å². The molecule has 0 aliphatic heterocycles. The number of aromatic nitrogens is 1. The summed E-state index contributed by atoms with van der Waals surface area (Å²) < 4.78 is 19.3. The van der Waals surface area contributed by atoms with E-state index in [0.29, 0.717) is 26.9 Å². The number of hydrogen-bond donors (Lipinski definition) is 2. The number of halogens is 2. The van der Waals surface area contributed by atoms with Gasteiger partial charge in [0.25, 0.3) is 11.8 Å². The van der Waals surface area contributed by atoms with Crippen LogP contribution >= 0.6 is 27.3 Å². The molecule has 0 aliphatic carbocycles. The van der Waals surface area contributed by atoms with Crippen molar-refractivity contribution in [3.63, 3.8) is 0 Å². The molecule has 2 aromatic carbocycles. The summed E-state index contributed by atoms with van der Waals surface area (Å²) in [6, 6.07) is 12.4. The lowest BCUT2D eigenvalue weighted by molar-refractivity contribution is 0.0848. The third kappa shape index (κ3) is 5.14. The Kier molecular flexibility index (Phi) is 6.37. The molecular weight excluding hydrogens is 449 g/mol. The third-order valence-corrected chi connectivity index (χ3v) is 5.28. The van der Waals surface area contributed by atoms with Gasteiger partial charge in [0.2, 0.25) is 0 Å². The Balaban J connectivity index is 1.57. The molecule has 1 aromatic heterocycles. The smallest absolute Gasteiger partial charge is 0.281 e. The van der Waals surface area contributed by atoms with Gasteiger partial charge in [-0.15, -0.1) is 11.3 Å². The van der Waals surface area contributed by atoms with E-state index >= 15 is 0 Å². The highest BCUT2D eigenvalue weighted by Crippen LogP contribution is 2.20. The predicted octanol–water partition coefficient (Wildman–Crippen LogP) is 4.01. The molecule has 6 nitrogen and oxygen atoms in total. The number of benzene rings is 2. The quantitative estimate of drug-likeness (QED) is 0.560. The van der Waals surface area contributed by atoms with Crippen LogP contribution in [0.2, 0.25) is 0 Å². The molecule has 3 rings (SSSR count). The lowest BCUT2D eigenvalue weighted by Gasteiger charge is -2.06. The fourth-order valence-corrected chi connectivity index (χ4v) is 3.38. The molecule has 0 fully saturated rings.